The van der Waals surface area contributed by atoms with Crippen LogP contribution in [0.4, 0.5) is 0 Å². The van der Waals surface area contributed by atoms with Crippen molar-refractivity contribution in [2.45, 2.75) is 128 Å². The molecule has 0 saturated heterocycles. The number of pyridine rings is 1. The van der Waals surface area contributed by atoms with Gasteiger partial charge < -0.3 is 9.47 Å². The van der Waals surface area contributed by atoms with Gasteiger partial charge in [-0.3, -0.25) is 0 Å². The lowest BCUT2D eigenvalue weighted by Crippen LogP contribution is -2.16. The molecule has 0 N–H and O–H groups in total. The first-order chi connectivity index (χ1) is 22.5. The highest BCUT2D eigenvalue weighted by molar-refractivity contribution is 5.93. The Hall–Kier alpha value is -3.47. The number of carbonyl (C=O) groups excluding carboxylic acids is 2. The molecule has 0 unspecified atom stereocenters. The third-order valence-electron chi connectivity index (χ3n) is 10.4. The van der Waals surface area contributed by atoms with Gasteiger partial charge in [0.05, 0.1) is 0 Å². The largest absolute Gasteiger partial charge is 0.422 e. The fourth-order valence-corrected chi connectivity index (χ4v) is 7.53. The summed E-state index contributed by atoms with van der Waals surface area (Å²) in [6, 6.07) is 20.5. The summed E-state index contributed by atoms with van der Waals surface area (Å²) in [7, 11) is 0. The number of ether oxygens (including phenoxy) is 2. The lowest BCUT2D eigenvalue weighted by atomic mass is 9.77. The van der Waals surface area contributed by atoms with Gasteiger partial charge in [-0.15, -0.1) is 0 Å². The van der Waals surface area contributed by atoms with Gasteiger partial charge >= 0.3 is 11.9 Å². The van der Waals surface area contributed by atoms with Crippen molar-refractivity contribution in [1.29, 1.82) is 0 Å². The van der Waals surface area contributed by atoms with Crippen molar-refractivity contribution in [3.63, 3.8) is 0 Å². The summed E-state index contributed by atoms with van der Waals surface area (Å²) in [4.78, 5) is 30.1. The summed E-state index contributed by atoms with van der Waals surface area (Å²) in [5.74, 6) is 2.66. The minimum Gasteiger partial charge on any atom is -0.422 e. The molecule has 5 nitrogen and oxygen atoms in total. The molecule has 1 heterocycles. The lowest BCUT2D eigenvalue weighted by Gasteiger charge is -2.29. The molecular weight excluding hydrogens is 570 g/mol. The predicted molar refractivity (Wildman–Crippen MR) is 185 cm³/mol. The molecule has 2 aromatic carbocycles. The number of aromatic nitrogens is 1. The molecule has 3 aromatic rings. The van der Waals surface area contributed by atoms with E-state index in [1.807, 2.05) is 24.3 Å². The first-order valence-electron chi connectivity index (χ1n) is 18.1. The summed E-state index contributed by atoms with van der Waals surface area (Å²) in [6.07, 6.45) is 20.9. The highest BCUT2D eigenvalue weighted by Gasteiger charge is 2.24. The second-order valence-electron chi connectivity index (χ2n) is 13.8. The van der Waals surface area contributed by atoms with E-state index in [0.29, 0.717) is 23.3 Å². The van der Waals surface area contributed by atoms with E-state index in [1.165, 1.54) is 114 Å². The Balaban J connectivity index is 1.09. The van der Waals surface area contributed by atoms with E-state index in [1.54, 1.807) is 18.2 Å². The van der Waals surface area contributed by atoms with E-state index in [4.69, 9.17) is 9.47 Å². The van der Waals surface area contributed by atoms with Gasteiger partial charge in [-0.05, 0) is 123 Å². The van der Waals surface area contributed by atoms with Crippen molar-refractivity contribution in [3.05, 3.63) is 89.2 Å². The predicted octanol–water partition coefficient (Wildman–Crippen LogP) is 11.2. The molecule has 1 aromatic heterocycles. The molecule has 0 aliphatic heterocycles. The van der Waals surface area contributed by atoms with Crippen LogP contribution in [0.1, 0.15) is 161 Å². The summed E-state index contributed by atoms with van der Waals surface area (Å²) >= 11 is 0. The molecule has 5 heteroatoms. The third kappa shape index (κ3) is 9.77. The molecule has 0 radical (unpaired) electrons. The first-order valence-corrected chi connectivity index (χ1v) is 18.1. The van der Waals surface area contributed by atoms with Gasteiger partial charge in [0.15, 0.2) is 0 Å². The first kappa shape index (κ1) is 33.9. The Morgan fingerprint density at radius 1 is 0.565 bits per heavy atom. The zero-order valence-electron chi connectivity index (χ0n) is 28.1. The molecule has 46 heavy (non-hydrogen) atoms. The van der Waals surface area contributed by atoms with Crippen LogP contribution in [0.2, 0.25) is 0 Å². The number of hydrogen-bond acceptors (Lipinski definition) is 5. The molecule has 2 aliphatic rings. The van der Waals surface area contributed by atoms with Crippen molar-refractivity contribution < 1.29 is 19.1 Å². The monoisotopic (exact) mass is 623 g/mol. The maximum atomic E-state index is 12.9. The van der Waals surface area contributed by atoms with E-state index in [0.717, 1.165) is 11.8 Å². The Morgan fingerprint density at radius 2 is 0.957 bits per heavy atom. The van der Waals surface area contributed by atoms with Gasteiger partial charge in [0.2, 0.25) is 0 Å². The normalized spacial score (nSPS) is 21.4. The highest BCUT2D eigenvalue weighted by Crippen LogP contribution is 2.39. The topological polar surface area (TPSA) is 65.5 Å². The SMILES string of the molecule is CCCCCC1CCC(c2ccc(OC(=O)c3cccc(C(=O)Oc4ccc(C5CCC(CCCCC)CC5)cc4)n3)cc2)CC1. The highest BCUT2D eigenvalue weighted by atomic mass is 16.5. The van der Waals surface area contributed by atoms with Gasteiger partial charge in [-0.25, -0.2) is 14.6 Å². The molecule has 0 amide bonds. The number of benzene rings is 2. The Bertz CT molecular complexity index is 1260. The zero-order chi connectivity index (χ0) is 32.1. The van der Waals surface area contributed by atoms with Crippen molar-refractivity contribution in [1.82, 2.24) is 4.98 Å². The van der Waals surface area contributed by atoms with Crippen LogP contribution < -0.4 is 9.47 Å². The average Bonchev–Trinajstić information content (AvgIpc) is 3.10. The zero-order valence-corrected chi connectivity index (χ0v) is 28.1. The molecule has 5 rings (SSSR count). The number of rotatable bonds is 14. The second-order valence-corrected chi connectivity index (χ2v) is 13.8. The molecule has 0 spiro atoms. The van der Waals surface area contributed by atoms with Crippen molar-refractivity contribution in [3.8, 4) is 11.5 Å². The van der Waals surface area contributed by atoms with E-state index < -0.39 is 11.9 Å². The van der Waals surface area contributed by atoms with Crippen molar-refractivity contribution in [2.75, 3.05) is 0 Å². The molecule has 2 aliphatic carbocycles. The quantitative estimate of drug-likeness (QED) is 0.102. The molecule has 0 atom stereocenters. The van der Waals surface area contributed by atoms with Crippen LogP contribution in [0, 0.1) is 11.8 Å². The standard InChI is InChI=1S/C41H53NO4/c1-3-5-7-10-30-14-18-32(19-15-30)34-22-26-36(27-23-34)45-40(43)38-12-9-13-39(42-38)41(44)46-37-28-24-35(25-29-37)33-20-16-31(17-21-33)11-8-6-4-2/h9,12-13,22-33H,3-8,10-11,14-21H2,1-2H3. The lowest BCUT2D eigenvalue weighted by molar-refractivity contribution is 0.0722. The van der Waals surface area contributed by atoms with Gasteiger partial charge in [0.1, 0.15) is 22.9 Å². The summed E-state index contributed by atoms with van der Waals surface area (Å²) in [5, 5.41) is 0. The number of esters is 2. The van der Waals surface area contributed by atoms with Crippen molar-refractivity contribution in [2.24, 2.45) is 11.8 Å². The van der Waals surface area contributed by atoms with Crippen LogP contribution in [0.5, 0.6) is 11.5 Å². The van der Waals surface area contributed by atoms with Gasteiger partial charge in [-0.1, -0.05) is 95.5 Å². The Kier molecular flexibility index (Phi) is 12.9. The van der Waals surface area contributed by atoms with E-state index in [-0.39, 0.29) is 11.4 Å². The van der Waals surface area contributed by atoms with Crippen LogP contribution in [0.25, 0.3) is 0 Å². The number of carbonyl (C=O) groups is 2. The molecule has 0 bridgehead atoms. The summed E-state index contributed by atoms with van der Waals surface area (Å²) in [5.41, 5.74) is 2.77. The molecule has 246 valence electrons. The van der Waals surface area contributed by atoms with E-state index in [2.05, 4.69) is 43.1 Å². The fourth-order valence-electron chi connectivity index (χ4n) is 7.53. The number of hydrogen-bond donors (Lipinski definition) is 0. The van der Waals surface area contributed by atoms with Crippen molar-refractivity contribution >= 4 is 11.9 Å². The van der Waals surface area contributed by atoms with Gasteiger partial charge in [0, 0.05) is 0 Å². The number of nitrogens with zero attached hydrogens (tertiary/aromatic N) is 1. The third-order valence-corrected chi connectivity index (χ3v) is 10.4. The van der Waals surface area contributed by atoms with Crippen LogP contribution in [-0.2, 0) is 0 Å². The van der Waals surface area contributed by atoms with Gasteiger partial charge in [0.25, 0.3) is 0 Å². The van der Waals surface area contributed by atoms with E-state index in [9.17, 15) is 9.59 Å². The minimum atomic E-state index is -0.598. The molecular formula is C41H53NO4. The summed E-state index contributed by atoms with van der Waals surface area (Å²) in [6.45, 7) is 4.53. The summed E-state index contributed by atoms with van der Waals surface area (Å²) < 4.78 is 11.2. The van der Waals surface area contributed by atoms with Crippen LogP contribution >= 0.6 is 0 Å². The second kappa shape index (κ2) is 17.4. The Morgan fingerprint density at radius 3 is 1.33 bits per heavy atom. The fraction of sp³-hybridized carbons (Fsp3) is 0.537. The minimum absolute atomic E-state index is 0.0700. The smallest absolute Gasteiger partial charge is 0.362 e. The van der Waals surface area contributed by atoms with Crippen LogP contribution in [0.3, 0.4) is 0 Å². The number of unbranched alkanes of at least 4 members (excludes halogenated alkanes) is 4. The van der Waals surface area contributed by atoms with E-state index >= 15 is 0 Å². The molecule has 2 fully saturated rings. The Labute approximate surface area is 276 Å². The van der Waals surface area contributed by atoms with Crippen LogP contribution in [-0.4, -0.2) is 16.9 Å². The molecule has 2 saturated carbocycles. The average molecular weight is 624 g/mol. The maximum absolute atomic E-state index is 12.9. The maximum Gasteiger partial charge on any atom is 0.362 e. The van der Waals surface area contributed by atoms with Crippen LogP contribution in [0.15, 0.2) is 66.7 Å². The van der Waals surface area contributed by atoms with Gasteiger partial charge in [-0.2, -0.15) is 0 Å².